The fourth-order valence-electron chi connectivity index (χ4n) is 2.69. The van der Waals surface area contributed by atoms with Crippen molar-refractivity contribution in [1.82, 2.24) is 0 Å². The van der Waals surface area contributed by atoms with E-state index in [1.54, 1.807) is 7.11 Å². The van der Waals surface area contributed by atoms with E-state index < -0.39 is 0 Å². The normalized spacial score (nSPS) is 23.1. The highest BCUT2D eigenvalue weighted by molar-refractivity contribution is 5.58. The molecule has 3 nitrogen and oxygen atoms in total. The fraction of sp³-hybridized carbons (Fsp3) is 0.625. The second-order valence-electron chi connectivity index (χ2n) is 5.35. The van der Waals surface area contributed by atoms with Gasteiger partial charge in [-0.2, -0.15) is 0 Å². The molecule has 2 unspecified atom stereocenters. The lowest BCUT2D eigenvalue weighted by Gasteiger charge is -2.31. The summed E-state index contributed by atoms with van der Waals surface area (Å²) < 4.78 is 11.2. The summed E-state index contributed by atoms with van der Waals surface area (Å²) in [5, 5.41) is 3.62. The zero-order valence-corrected chi connectivity index (χ0v) is 12.2. The summed E-state index contributed by atoms with van der Waals surface area (Å²) in [6.45, 7) is 5.18. The lowest BCUT2D eigenvalue weighted by atomic mass is 9.99. The molecule has 0 aliphatic carbocycles. The number of hydrogen-bond donors (Lipinski definition) is 1. The van der Waals surface area contributed by atoms with Crippen molar-refractivity contribution in [2.24, 2.45) is 0 Å². The van der Waals surface area contributed by atoms with E-state index in [4.69, 9.17) is 9.47 Å². The molecule has 0 aromatic heterocycles. The van der Waals surface area contributed by atoms with Gasteiger partial charge in [-0.25, -0.2) is 0 Å². The van der Waals surface area contributed by atoms with Gasteiger partial charge < -0.3 is 14.8 Å². The average Bonchev–Trinajstić information content (AvgIpc) is 2.40. The van der Waals surface area contributed by atoms with Crippen LogP contribution in [-0.4, -0.2) is 25.9 Å². The lowest BCUT2D eigenvalue weighted by Crippen LogP contribution is -2.34. The van der Waals surface area contributed by atoms with Gasteiger partial charge in [0.15, 0.2) is 0 Å². The van der Waals surface area contributed by atoms with E-state index in [2.05, 4.69) is 31.3 Å². The molecule has 1 aromatic rings. The Bertz CT molecular complexity index is 404. The molecule has 1 heterocycles. The third kappa shape index (κ3) is 3.87. The second-order valence-corrected chi connectivity index (χ2v) is 5.35. The number of benzene rings is 1. The Morgan fingerprint density at radius 3 is 3.00 bits per heavy atom. The number of methoxy groups -OCH3 is 1. The summed E-state index contributed by atoms with van der Waals surface area (Å²) in [5.41, 5.74) is 2.35. The molecule has 1 aromatic carbocycles. The van der Waals surface area contributed by atoms with Gasteiger partial charge in [-0.1, -0.05) is 19.4 Å². The summed E-state index contributed by atoms with van der Waals surface area (Å²) in [7, 11) is 1.72. The first-order valence-electron chi connectivity index (χ1n) is 7.25. The first kappa shape index (κ1) is 14.2. The molecule has 2 atom stereocenters. The van der Waals surface area contributed by atoms with Crippen LogP contribution in [0, 0.1) is 6.92 Å². The first-order chi connectivity index (χ1) is 9.22. The maximum Gasteiger partial charge on any atom is 0.141 e. The maximum atomic E-state index is 5.80. The van der Waals surface area contributed by atoms with Gasteiger partial charge in [-0.15, -0.1) is 0 Å². The van der Waals surface area contributed by atoms with Gasteiger partial charge in [-0.05, 0) is 43.9 Å². The highest BCUT2D eigenvalue weighted by Crippen LogP contribution is 2.28. The molecule has 1 aliphatic heterocycles. The molecule has 0 amide bonds. The minimum atomic E-state index is 0.409. The molecular weight excluding hydrogens is 238 g/mol. The van der Waals surface area contributed by atoms with Crippen molar-refractivity contribution < 1.29 is 9.47 Å². The van der Waals surface area contributed by atoms with Crippen molar-refractivity contribution in [3.05, 3.63) is 23.8 Å². The van der Waals surface area contributed by atoms with E-state index in [0.717, 1.165) is 37.3 Å². The van der Waals surface area contributed by atoms with Gasteiger partial charge in [0.25, 0.3) is 0 Å². The van der Waals surface area contributed by atoms with E-state index in [1.165, 1.54) is 12.0 Å². The molecule has 0 saturated carbocycles. The minimum absolute atomic E-state index is 0.409. The summed E-state index contributed by atoms with van der Waals surface area (Å²) in [5.74, 6) is 0.920. The third-order valence-corrected chi connectivity index (χ3v) is 3.69. The van der Waals surface area contributed by atoms with Gasteiger partial charge in [0.1, 0.15) is 5.75 Å². The van der Waals surface area contributed by atoms with Gasteiger partial charge in [0, 0.05) is 12.6 Å². The van der Waals surface area contributed by atoms with Crippen molar-refractivity contribution in [3.8, 4) is 5.75 Å². The van der Waals surface area contributed by atoms with E-state index in [1.807, 2.05) is 6.07 Å². The molecule has 2 rings (SSSR count). The van der Waals surface area contributed by atoms with Crippen LogP contribution in [0.3, 0.4) is 0 Å². The van der Waals surface area contributed by atoms with Crippen LogP contribution in [0.5, 0.6) is 5.75 Å². The molecule has 1 fully saturated rings. The molecule has 1 saturated heterocycles. The van der Waals surface area contributed by atoms with Crippen molar-refractivity contribution in [2.45, 2.75) is 51.7 Å². The quantitative estimate of drug-likeness (QED) is 0.877. The Morgan fingerprint density at radius 2 is 2.26 bits per heavy atom. The number of aryl methyl sites for hydroxylation is 1. The molecule has 0 bridgehead atoms. The molecular formula is C16H25NO2. The SMILES string of the molecule is CCCC1CC(Nc2cc(C)ccc2OC)CCO1. The van der Waals surface area contributed by atoms with Crippen LogP contribution in [0.1, 0.15) is 38.2 Å². The van der Waals surface area contributed by atoms with Gasteiger partial charge in [0.05, 0.1) is 18.9 Å². The Hall–Kier alpha value is -1.22. The summed E-state index contributed by atoms with van der Waals surface area (Å²) in [6.07, 6.45) is 4.91. The highest BCUT2D eigenvalue weighted by atomic mass is 16.5. The third-order valence-electron chi connectivity index (χ3n) is 3.69. The van der Waals surface area contributed by atoms with Crippen molar-refractivity contribution >= 4 is 5.69 Å². The van der Waals surface area contributed by atoms with E-state index in [-0.39, 0.29) is 0 Å². The Balaban J connectivity index is 2.01. The predicted molar refractivity (Wildman–Crippen MR) is 79.0 cm³/mol. The molecule has 19 heavy (non-hydrogen) atoms. The van der Waals surface area contributed by atoms with Crippen LogP contribution < -0.4 is 10.1 Å². The summed E-state index contributed by atoms with van der Waals surface area (Å²) in [4.78, 5) is 0. The van der Waals surface area contributed by atoms with Crippen LogP contribution in [-0.2, 0) is 4.74 Å². The molecule has 0 radical (unpaired) electrons. The van der Waals surface area contributed by atoms with E-state index in [0.29, 0.717) is 12.1 Å². The monoisotopic (exact) mass is 263 g/mol. The molecule has 1 N–H and O–H groups in total. The number of hydrogen-bond acceptors (Lipinski definition) is 3. The van der Waals surface area contributed by atoms with E-state index in [9.17, 15) is 0 Å². The zero-order valence-electron chi connectivity index (χ0n) is 12.2. The van der Waals surface area contributed by atoms with E-state index >= 15 is 0 Å². The molecule has 3 heteroatoms. The maximum absolute atomic E-state index is 5.80. The summed E-state index contributed by atoms with van der Waals surface area (Å²) >= 11 is 0. The number of rotatable bonds is 5. The standard InChI is InChI=1S/C16H25NO2/c1-4-5-14-11-13(8-9-19-14)17-15-10-12(2)6-7-16(15)18-3/h6-7,10,13-14,17H,4-5,8-9,11H2,1-3H3. The number of ether oxygens (including phenoxy) is 2. The number of nitrogens with one attached hydrogen (secondary N) is 1. The summed E-state index contributed by atoms with van der Waals surface area (Å²) in [6, 6.07) is 6.75. The number of anilines is 1. The van der Waals surface area contributed by atoms with Crippen LogP contribution in [0.25, 0.3) is 0 Å². The topological polar surface area (TPSA) is 30.5 Å². The van der Waals surface area contributed by atoms with Crippen molar-refractivity contribution in [2.75, 3.05) is 19.0 Å². The Kier molecular flexibility index (Phi) is 5.08. The minimum Gasteiger partial charge on any atom is -0.495 e. The van der Waals surface area contributed by atoms with Crippen LogP contribution in [0.15, 0.2) is 18.2 Å². The van der Waals surface area contributed by atoms with Crippen molar-refractivity contribution in [3.63, 3.8) is 0 Å². The lowest BCUT2D eigenvalue weighted by molar-refractivity contribution is 0.00595. The average molecular weight is 263 g/mol. The van der Waals surface area contributed by atoms with Crippen LogP contribution in [0.2, 0.25) is 0 Å². The van der Waals surface area contributed by atoms with Crippen LogP contribution in [0.4, 0.5) is 5.69 Å². The largest absolute Gasteiger partial charge is 0.495 e. The van der Waals surface area contributed by atoms with Crippen LogP contribution >= 0.6 is 0 Å². The second kappa shape index (κ2) is 6.80. The first-order valence-corrected chi connectivity index (χ1v) is 7.25. The Labute approximate surface area is 116 Å². The van der Waals surface area contributed by atoms with Crippen molar-refractivity contribution in [1.29, 1.82) is 0 Å². The molecule has 0 spiro atoms. The van der Waals surface area contributed by atoms with Gasteiger partial charge in [0.2, 0.25) is 0 Å². The fourth-order valence-corrected chi connectivity index (χ4v) is 2.69. The highest BCUT2D eigenvalue weighted by Gasteiger charge is 2.22. The molecule has 1 aliphatic rings. The van der Waals surface area contributed by atoms with Gasteiger partial charge in [-0.3, -0.25) is 0 Å². The zero-order chi connectivity index (χ0) is 13.7. The smallest absolute Gasteiger partial charge is 0.141 e. The van der Waals surface area contributed by atoms with Gasteiger partial charge >= 0.3 is 0 Å². The predicted octanol–water partition coefficient (Wildman–Crippen LogP) is 3.76. The molecule has 106 valence electrons. The Morgan fingerprint density at radius 1 is 1.42 bits per heavy atom.